The molecule has 2 rings (SSSR count). The number of alkyl halides is 2. The maximum atomic E-state index is 7.03. The van der Waals surface area contributed by atoms with Gasteiger partial charge in [0.05, 0.1) is 6.10 Å². The first-order valence-electron chi connectivity index (χ1n) is 8.36. The van der Waals surface area contributed by atoms with Gasteiger partial charge in [0.25, 0.3) is 8.32 Å². The van der Waals surface area contributed by atoms with Crippen molar-refractivity contribution in [3.63, 3.8) is 0 Å². The Balaban J connectivity index is 2.65. The third-order valence-electron chi connectivity index (χ3n) is 4.36. The summed E-state index contributed by atoms with van der Waals surface area (Å²) >= 11 is 7.23. The molecular weight excluding hydrogens is 444 g/mol. The van der Waals surface area contributed by atoms with Crippen LogP contribution in [0.1, 0.15) is 27.2 Å². The van der Waals surface area contributed by atoms with Gasteiger partial charge in [-0.1, -0.05) is 113 Å². The summed E-state index contributed by atoms with van der Waals surface area (Å²) in [5.41, 5.74) is 0. The molecule has 0 aliphatic carbocycles. The molecule has 4 heteroatoms. The van der Waals surface area contributed by atoms with Crippen LogP contribution in [0.25, 0.3) is 0 Å². The maximum Gasteiger partial charge on any atom is 0.261 e. The fraction of sp³-hybridized carbons (Fsp3) is 0.400. The Labute approximate surface area is 164 Å². The minimum absolute atomic E-state index is 0.0302. The molecule has 1 nitrogen and oxygen atoms in total. The molecule has 0 fully saturated rings. The lowest BCUT2D eigenvalue weighted by Crippen LogP contribution is -2.67. The first-order chi connectivity index (χ1) is 11.5. The zero-order chi connectivity index (χ0) is 17.6. The van der Waals surface area contributed by atoms with Crippen LogP contribution in [0.4, 0.5) is 0 Å². The van der Waals surface area contributed by atoms with Gasteiger partial charge in [0, 0.05) is 10.7 Å². The molecule has 2 aromatic rings. The summed E-state index contributed by atoms with van der Waals surface area (Å²) in [5, 5.41) is 4.50. The van der Waals surface area contributed by atoms with E-state index in [1.54, 1.807) is 0 Å². The predicted octanol–water partition coefficient (Wildman–Crippen LogP) is 5.11. The SMILES string of the molecule is CC(C)(C)[Si](O[C@@H](CBr)CCBr)(c1ccccc1)c1ccccc1. The predicted molar refractivity (Wildman–Crippen MR) is 115 cm³/mol. The Morgan fingerprint density at radius 1 is 0.875 bits per heavy atom. The van der Waals surface area contributed by atoms with Crippen LogP contribution < -0.4 is 10.4 Å². The Morgan fingerprint density at radius 3 is 1.67 bits per heavy atom. The van der Waals surface area contributed by atoms with Crippen LogP contribution in [0.5, 0.6) is 0 Å². The van der Waals surface area contributed by atoms with E-state index in [0.717, 1.165) is 17.1 Å². The zero-order valence-electron chi connectivity index (χ0n) is 14.6. The highest BCUT2D eigenvalue weighted by Crippen LogP contribution is 2.38. The summed E-state index contributed by atoms with van der Waals surface area (Å²) in [5.74, 6) is 0. The van der Waals surface area contributed by atoms with Crippen molar-refractivity contribution in [3.05, 3.63) is 60.7 Å². The average Bonchev–Trinajstić information content (AvgIpc) is 2.59. The molecule has 130 valence electrons. The molecule has 0 unspecified atom stereocenters. The Hall–Kier alpha value is -0.423. The second-order valence-corrected chi connectivity index (χ2v) is 12.7. The van der Waals surface area contributed by atoms with Gasteiger partial charge >= 0.3 is 0 Å². The highest BCUT2D eigenvalue weighted by Gasteiger charge is 2.51. The summed E-state index contributed by atoms with van der Waals surface area (Å²) in [6, 6.07) is 21.6. The van der Waals surface area contributed by atoms with Crippen molar-refractivity contribution in [2.24, 2.45) is 0 Å². The summed E-state index contributed by atoms with van der Waals surface area (Å²) in [6.07, 6.45) is 1.19. The Bertz CT molecular complexity index is 571. The first-order valence-corrected chi connectivity index (χ1v) is 12.5. The maximum absolute atomic E-state index is 7.03. The minimum atomic E-state index is -2.42. The van der Waals surface area contributed by atoms with E-state index in [0.29, 0.717) is 0 Å². The van der Waals surface area contributed by atoms with Gasteiger partial charge in [-0.05, 0) is 21.8 Å². The van der Waals surface area contributed by atoms with E-state index in [1.807, 2.05) is 0 Å². The zero-order valence-corrected chi connectivity index (χ0v) is 18.8. The quantitative estimate of drug-likeness (QED) is 0.404. The van der Waals surface area contributed by atoms with E-state index in [4.69, 9.17) is 4.43 Å². The first kappa shape index (κ1) is 19.9. The van der Waals surface area contributed by atoms with Crippen LogP contribution in [0.15, 0.2) is 60.7 Å². The molecule has 0 heterocycles. The second-order valence-electron chi connectivity index (χ2n) is 7.04. The third-order valence-corrected chi connectivity index (χ3v) is 10.6. The topological polar surface area (TPSA) is 9.23 Å². The lowest BCUT2D eigenvalue weighted by molar-refractivity contribution is 0.209. The molecule has 2 aromatic carbocycles. The Kier molecular flexibility index (Phi) is 7.29. The average molecular weight is 470 g/mol. The molecule has 0 amide bonds. The number of rotatable bonds is 7. The summed E-state index contributed by atoms with van der Waals surface area (Å²) in [4.78, 5) is 0. The van der Waals surface area contributed by atoms with Crippen LogP contribution in [0, 0.1) is 0 Å². The van der Waals surface area contributed by atoms with Crippen molar-refractivity contribution in [3.8, 4) is 0 Å². The second kappa shape index (κ2) is 8.79. The van der Waals surface area contributed by atoms with E-state index in [2.05, 4.69) is 113 Å². The lowest BCUT2D eigenvalue weighted by atomic mass is 10.2. The molecular formula is C20H26Br2OSi. The highest BCUT2D eigenvalue weighted by atomic mass is 79.9. The Morgan fingerprint density at radius 2 is 1.33 bits per heavy atom. The highest BCUT2D eigenvalue weighted by molar-refractivity contribution is 9.09. The minimum Gasteiger partial charge on any atom is -0.404 e. The van der Waals surface area contributed by atoms with Crippen molar-refractivity contribution in [1.82, 2.24) is 0 Å². The molecule has 0 aliphatic heterocycles. The van der Waals surface area contributed by atoms with Gasteiger partial charge in [0.15, 0.2) is 0 Å². The van der Waals surface area contributed by atoms with Crippen molar-refractivity contribution in [2.45, 2.75) is 38.3 Å². The fourth-order valence-corrected chi connectivity index (χ4v) is 9.16. The van der Waals surface area contributed by atoms with Gasteiger partial charge in [-0.25, -0.2) is 0 Å². The van der Waals surface area contributed by atoms with E-state index < -0.39 is 8.32 Å². The van der Waals surface area contributed by atoms with Gasteiger partial charge in [-0.3, -0.25) is 0 Å². The molecule has 0 aliphatic rings. The molecule has 0 spiro atoms. The van der Waals surface area contributed by atoms with Crippen molar-refractivity contribution in [2.75, 3.05) is 10.7 Å². The van der Waals surface area contributed by atoms with Crippen LogP contribution in [0.3, 0.4) is 0 Å². The fourth-order valence-electron chi connectivity index (χ4n) is 3.23. The van der Waals surface area contributed by atoms with Crippen LogP contribution in [-0.2, 0) is 4.43 Å². The number of benzene rings is 2. The summed E-state index contributed by atoms with van der Waals surface area (Å²) in [6.45, 7) is 6.95. The molecule has 0 N–H and O–H groups in total. The number of halogens is 2. The molecule has 24 heavy (non-hydrogen) atoms. The normalized spacial score (nSPS) is 13.7. The summed E-state index contributed by atoms with van der Waals surface area (Å²) < 4.78 is 7.03. The van der Waals surface area contributed by atoms with Crippen LogP contribution in [-0.4, -0.2) is 25.1 Å². The largest absolute Gasteiger partial charge is 0.404 e. The van der Waals surface area contributed by atoms with Gasteiger partial charge < -0.3 is 4.43 Å². The molecule has 0 bridgehead atoms. The van der Waals surface area contributed by atoms with E-state index in [1.165, 1.54) is 10.4 Å². The van der Waals surface area contributed by atoms with E-state index in [9.17, 15) is 0 Å². The third kappa shape index (κ3) is 4.21. The summed E-state index contributed by atoms with van der Waals surface area (Å²) in [7, 11) is -2.42. The van der Waals surface area contributed by atoms with Crippen LogP contribution >= 0.6 is 31.9 Å². The molecule has 0 saturated heterocycles. The van der Waals surface area contributed by atoms with Crippen LogP contribution in [0.2, 0.25) is 5.04 Å². The van der Waals surface area contributed by atoms with Gasteiger partial charge in [0.2, 0.25) is 0 Å². The monoisotopic (exact) mass is 468 g/mol. The number of hydrogen-bond acceptors (Lipinski definition) is 1. The lowest BCUT2D eigenvalue weighted by Gasteiger charge is -2.45. The molecule has 0 radical (unpaired) electrons. The molecule has 0 saturated carbocycles. The van der Waals surface area contributed by atoms with Crippen molar-refractivity contribution < 1.29 is 4.43 Å². The molecule has 0 aromatic heterocycles. The van der Waals surface area contributed by atoms with Crippen molar-refractivity contribution >= 4 is 50.6 Å². The van der Waals surface area contributed by atoms with Gasteiger partial charge in [0.1, 0.15) is 0 Å². The van der Waals surface area contributed by atoms with Gasteiger partial charge in [-0.15, -0.1) is 0 Å². The number of hydrogen-bond donors (Lipinski definition) is 0. The van der Waals surface area contributed by atoms with Gasteiger partial charge in [-0.2, -0.15) is 0 Å². The smallest absolute Gasteiger partial charge is 0.261 e. The van der Waals surface area contributed by atoms with E-state index in [-0.39, 0.29) is 11.1 Å². The standard InChI is InChI=1S/C20H26Br2OSi/c1-20(2,3)24(18-10-6-4-7-11-18,19-12-8-5-9-13-19)23-17(16-22)14-15-21/h4-13,17H,14-16H2,1-3H3/t17-/m1/s1. The van der Waals surface area contributed by atoms with Crippen molar-refractivity contribution in [1.29, 1.82) is 0 Å². The molecule has 1 atom stereocenters. The van der Waals surface area contributed by atoms with E-state index >= 15 is 0 Å².